The second kappa shape index (κ2) is 10.5. The number of morpholine rings is 1. The van der Waals surface area contributed by atoms with E-state index in [4.69, 9.17) is 18.9 Å². The van der Waals surface area contributed by atoms with Gasteiger partial charge in [0.15, 0.2) is 17.2 Å². The number of hydrogen-bond donors (Lipinski definition) is 2. The molecule has 0 saturated carbocycles. The number of aromatic amines is 1. The number of rotatable bonds is 6. The summed E-state index contributed by atoms with van der Waals surface area (Å²) >= 11 is 0. The van der Waals surface area contributed by atoms with Crippen molar-refractivity contribution in [1.29, 1.82) is 0 Å². The van der Waals surface area contributed by atoms with E-state index >= 15 is 0 Å². The highest BCUT2D eigenvalue weighted by molar-refractivity contribution is 5.94. The molecule has 2 N–H and O–H groups in total. The molecule has 0 unspecified atom stereocenters. The molecule has 1 aliphatic rings. The standard InChI is InChI=1S/C25H23F3N6O6/c1-12-13-10-17(37-2)18(38-3)11-15(13)31-23(29-12)33-24-30-14-4-5-16(34-6-8-39-9-7-34)20(19(14)21(35)32-24)40-22(36)25(26,27)28/h4-5,10-11H,6-9H2,1-3H3,(H2,29,30,31,32,33,35). The summed E-state index contributed by atoms with van der Waals surface area (Å²) in [7, 11) is 3.00. The molecule has 0 spiro atoms. The van der Waals surface area contributed by atoms with Gasteiger partial charge in [-0.25, -0.2) is 19.7 Å². The Labute approximate surface area is 224 Å². The first kappa shape index (κ1) is 26.9. The number of H-pyrrole nitrogens is 1. The van der Waals surface area contributed by atoms with Gasteiger partial charge < -0.3 is 23.8 Å². The molecule has 0 radical (unpaired) electrons. The number of methoxy groups -OCH3 is 2. The second-order valence-electron chi connectivity index (χ2n) is 8.69. The van der Waals surface area contributed by atoms with Gasteiger partial charge in [-0.2, -0.15) is 13.2 Å². The lowest BCUT2D eigenvalue weighted by Crippen LogP contribution is -2.37. The number of carbonyl (C=O) groups is 1. The number of aryl methyl sites for hydroxylation is 1. The third-order valence-corrected chi connectivity index (χ3v) is 6.21. The number of ether oxygens (including phenoxy) is 4. The highest BCUT2D eigenvalue weighted by Gasteiger charge is 2.42. The lowest BCUT2D eigenvalue weighted by atomic mass is 10.1. The zero-order valence-electron chi connectivity index (χ0n) is 21.5. The summed E-state index contributed by atoms with van der Waals surface area (Å²) in [4.78, 5) is 42.3. The van der Waals surface area contributed by atoms with Crippen LogP contribution in [0.15, 0.2) is 29.1 Å². The molecule has 1 fully saturated rings. The molecule has 40 heavy (non-hydrogen) atoms. The van der Waals surface area contributed by atoms with E-state index in [-0.39, 0.29) is 28.5 Å². The van der Waals surface area contributed by atoms with E-state index in [0.717, 1.165) is 0 Å². The zero-order valence-corrected chi connectivity index (χ0v) is 21.5. The Bertz CT molecular complexity index is 1670. The Morgan fingerprint density at radius 2 is 1.75 bits per heavy atom. The number of nitrogens with zero attached hydrogens (tertiary/aromatic N) is 4. The monoisotopic (exact) mass is 560 g/mol. The van der Waals surface area contributed by atoms with Crippen molar-refractivity contribution < 1.29 is 36.9 Å². The van der Waals surface area contributed by atoms with Crippen molar-refractivity contribution in [2.45, 2.75) is 13.1 Å². The third-order valence-electron chi connectivity index (χ3n) is 6.21. The Morgan fingerprint density at radius 3 is 2.42 bits per heavy atom. The van der Waals surface area contributed by atoms with E-state index in [2.05, 4.69) is 25.3 Å². The van der Waals surface area contributed by atoms with E-state index in [9.17, 15) is 22.8 Å². The van der Waals surface area contributed by atoms with Gasteiger partial charge in [0.25, 0.3) is 5.56 Å². The summed E-state index contributed by atoms with van der Waals surface area (Å²) in [5.41, 5.74) is 0.397. The Hall–Kier alpha value is -4.66. The number of anilines is 3. The molecule has 3 heterocycles. The number of halogens is 3. The number of benzene rings is 2. The van der Waals surface area contributed by atoms with E-state index in [0.29, 0.717) is 54.4 Å². The molecule has 15 heteroatoms. The van der Waals surface area contributed by atoms with Gasteiger partial charge in [0.2, 0.25) is 11.9 Å². The summed E-state index contributed by atoms with van der Waals surface area (Å²) in [6, 6.07) is 6.30. The van der Waals surface area contributed by atoms with Crippen LogP contribution in [0.25, 0.3) is 21.8 Å². The van der Waals surface area contributed by atoms with Crippen molar-refractivity contribution in [3.8, 4) is 17.2 Å². The molecule has 2 aromatic carbocycles. The smallest absolute Gasteiger partial charge is 0.491 e. The number of carbonyl (C=O) groups excluding carboxylic acids is 1. The van der Waals surface area contributed by atoms with E-state index < -0.39 is 23.5 Å². The van der Waals surface area contributed by atoms with Gasteiger partial charge in [-0.1, -0.05) is 0 Å². The van der Waals surface area contributed by atoms with Crippen molar-refractivity contribution in [3.63, 3.8) is 0 Å². The molecule has 0 atom stereocenters. The van der Waals surface area contributed by atoms with E-state index in [1.807, 2.05) is 0 Å². The van der Waals surface area contributed by atoms with Crippen LogP contribution in [-0.2, 0) is 9.53 Å². The summed E-state index contributed by atoms with van der Waals surface area (Å²) in [5.74, 6) is -2.03. The van der Waals surface area contributed by atoms with Crippen LogP contribution in [0, 0.1) is 6.92 Å². The lowest BCUT2D eigenvalue weighted by molar-refractivity contribution is -0.189. The van der Waals surface area contributed by atoms with Crippen LogP contribution in [0.4, 0.5) is 30.8 Å². The molecular weight excluding hydrogens is 537 g/mol. The molecule has 1 saturated heterocycles. The predicted molar refractivity (Wildman–Crippen MR) is 138 cm³/mol. The van der Waals surface area contributed by atoms with Gasteiger partial charge in [-0.15, -0.1) is 0 Å². The minimum Gasteiger partial charge on any atom is -0.493 e. The maximum atomic E-state index is 13.2. The fraction of sp³-hybridized carbons (Fsp3) is 0.320. The fourth-order valence-electron chi connectivity index (χ4n) is 4.33. The molecule has 0 aliphatic carbocycles. The second-order valence-corrected chi connectivity index (χ2v) is 8.69. The summed E-state index contributed by atoms with van der Waals surface area (Å²) < 4.78 is 60.0. The SMILES string of the molecule is COc1cc2nc(Nc3nc4ccc(N5CCOCC5)c(OC(=O)C(F)(F)F)c4c(=O)[nH]3)nc(C)c2cc1OC. The summed E-state index contributed by atoms with van der Waals surface area (Å²) in [5, 5.41) is 3.21. The maximum absolute atomic E-state index is 13.2. The largest absolute Gasteiger partial charge is 0.493 e. The van der Waals surface area contributed by atoms with Crippen molar-refractivity contribution in [2.75, 3.05) is 50.7 Å². The van der Waals surface area contributed by atoms with Crippen molar-refractivity contribution in [2.24, 2.45) is 0 Å². The lowest BCUT2D eigenvalue weighted by Gasteiger charge is -2.30. The number of esters is 1. The molecule has 1 aliphatic heterocycles. The minimum absolute atomic E-state index is 0.0165. The number of alkyl halides is 3. The van der Waals surface area contributed by atoms with Crippen molar-refractivity contribution >= 4 is 45.4 Å². The molecule has 0 bridgehead atoms. The van der Waals surface area contributed by atoms with Gasteiger partial charge in [0.05, 0.1) is 49.8 Å². The van der Waals surface area contributed by atoms with Crippen LogP contribution in [0.3, 0.4) is 0 Å². The van der Waals surface area contributed by atoms with Gasteiger partial charge in [0, 0.05) is 24.5 Å². The summed E-state index contributed by atoms with van der Waals surface area (Å²) in [6.07, 6.45) is -5.27. The van der Waals surface area contributed by atoms with Crippen LogP contribution >= 0.6 is 0 Å². The van der Waals surface area contributed by atoms with Crippen LogP contribution < -0.4 is 30.0 Å². The molecule has 2 aromatic heterocycles. The Morgan fingerprint density at radius 1 is 1.05 bits per heavy atom. The van der Waals surface area contributed by atoms with Crippen molar-refractivity contribution in [3.05, 3.63) is 40.3 Å². The van der Waals surface area contributed by atoms with Crippen LogP contribution in [0.1, 0.15) is 5.69 Å². The van der Waals surface area contributed by atoms with Gasteiger partial charge >= 0.3 is 12.1 Å². The quantitative estimate of drug-likeness (QED) is 0.265. The van der Waals surface area contributed by atoms with Gasteiger partial charge in [-0.3, -0.25) is 15.1 Å². The molecule has 4 aromatic rings. The predicted octanol–water partition coefficient (Wildman–Crippen LogP) is 3.24. The van der Waals surface area contributed by atoms with Crippen LogP contribution in [0.2, 0.25) is 0 Å². The zero-order chi connectivity index (χ0) is 28.6. The number of aromatic nitrogens is 4. The number of nitrogens with one attached hydrogen (secondary N) is 2. The average molecular weight is 560 g/mol. The minimum atomic E-state index is -5.27. The first-order chi connectivity index (χ1) is 19.1. The summed E-state index contributed by atoms with van der Waals surface area (Å²) in [6.45, 7) is 3.02. The normalized spacial score (nSPS) is 13.9. The first-order valence-corrected chi connectivity index (χ1v) is 11.9. The highest BCUT2D eigenvalue weighted by Crippen LogP contribution is 2.37. The van der Waals surface area contributed by atoms with Crippen LogP contribution in [0.5, 0.6) is 17.2 Å². The molecule has 5 rings (SSSR count). The number of hydrogen-bond acceptors (Lipinski definition) is 11. The highest BCUT2D eigenvalue weighted by atomic mass is 19.4. The van der Waals surface area contributed by atoms with E-state index in [1.165, 1.54) is 26.4 Å². The maximum Gasteiger partial charge on any atom is 0.491 e. The third kappa shape index (κ3) is 5.14. The first-order valence-electron chi connectivity index (χ1n) is 11.9. The van der Waals surface area contributed by atoms with Gasteiger partial charge in [0.1, 0.15) is 5.39 Å². The molecule has 0 amide bonds. The molecule has 12 nitrogen and oxygen atoms in total. The topological polar surface area (TPSA) is 141 Å². The fourth-order valence-corrected chi connectivity index (χ4v) is 4.33. The Kier molecular flexibility index (Phi) is 7.06. The Balaban J connectivity index is 1.57. The van der Waals surface area contributed by atoms with E-state index in [1.54, 1.807) is 24.0 Å². The van der Waals surface area contributed by atoms with Crippen LogP contribution in [-0.4, -0.2) is 72.6 Å². The van der Waals surface area contributed by atoms with Gasteiger partial charge in [-0.05, 0) is 25.1 Å². The van der Waals surface area contributed by atoms with Crippen molar-refractivity contribution in [1.82, 2.24) is 19.9 Å². The number of fused-ring (bicyclic) bond motifs is 2. The average Bonchev–Trinajstić information content (AvgIpc) is 2.92. The molecule has 210 valence electrons. The molecular formula is C25H23F3N6O6.